The number of hydrogen-bond donors (Lipinski definition) is 1. The molecule has 0 fully saturated rings. The predicted molar refractivity (Wildman–Crippen MR) is 76.5 cm³/mol. The molecule has 0 saturated heterocycles. The van der Waals surface area contributed by atoms with Crippen LogP contribution in [0, 0.1) is 5.82 Å². The van der Waals surface area contributed by atoms with Gasteiger partial charge in [-0.25, -0.2) is 9.37 Å². The number of hydrogen-bond acceptors (Lipinski definition) is 4. The van der Waals surface area contributed by atoms with Crippen LogP contribution >= 0.6 is 0 Å². The van der Waals surface area contributed by atoms with Crippen molar-refractivity contribution >= 4 is 16.7 Å². The second-order valence-electron chi connectivity index (χ2n) is 4.43. The van der Waals surface area contributed by atoms with Crippen LogP contribution < -0.4 is 5.73 Å². The lowest BCUT2D eigenvalue weighted by molar-refractivity contribution is 0.640. The first-order valence-electron chi connectivity index (χ1n) is 6.37. The van der Waals surface area contributed by atoms with Gasteiger partial charge in [0.15, 0.2) is 5.82 Å². The van der Waals surface area contributed by atoms with Crippen LogP contribution in [-0.4, -0.2) is 15.0 Å². The fourth-order valence-corrected chi connectivity index (χ4v) is 2.17. The molecule has 0 bridgehead atoms. The molecule has 3 rings (SSSR count). The number of rotatable bonds is 2. The zero-order chi connectivity index (χ0) is 14.1. The summed E-state index contributed by atoms with van der Waals surface area (Å²) in [6.45, 7) is 1.95. The Hall–Kier alpha value is -2.56. The Balaban J connectivity index is 2.30. The summed E-state index contributed by atoms with van der Waals surface area (Å²) >= 11 is 0. The Morgan fingerprint density at radius 3 is 2.50 bits per heavy atom. The van der Waals surface area contributed by atoms with Crippen molar-refractivity contribution in [1.82, 2.24) is 15.0 Å². The van der Waals surface area contributed by atoms with E-state index in [0.717, 1.165) is 10.9 Å². The highest BCUT2D eigenvalue weighted by Gasteiger charge is 2.11. The Morgan fingerprint density at radius 2 is 1.75 bits per heavy atom. The number of benzene rings is 2. The fraction of sp³-hybridized carbons (Fsp3) is 0.133. The summed E-state index contributed by atoms with van der Waals surface area (Å²) in [5.41, 5.74) is 6.47. The van der Waals surface area contributed by atoms with Crippen molar-refractivity contribution < 1.29 is 4.39 Å². The summed E-state index contributed by atoms with van der Waals surface area (Å²) in [6, 6.07) is 10.3. The molecule has 0 amide bonds. The molecule has 20 heavy (non-hydrogen) atoms. The monoisotopic (exact) mass is 268 g/mol. The Morgan fingerprint density at radius 1 is 1.00 bits per heavy atom. The van der Waals surface area contributed by atoms with Crippen LogP contribution in [-0.2, 0) is 6.42 Å². The van der Waals surface area contributed by atoms with E-state index < -0.39 is 0 Å². The van der Waals surface area contributed by atoms with Crippen LogP contribution in [0.2, 0.25) is 0 Å². The topological polar surface area (TPSA) is 64.7 Å². The molecule has 3 aromatic rings. The van der Waals surface area contributed by atoms with Gasteiger partial charge in [0.05, 0.1) is 0 Å². The summed E-state index contributed by atoms with van der Waals surface area (Å²) in [7, 11) is 0. The van der Waals surface area contributed by atoms with Gasteiger partial charge in [-0.15, -0.1) is 0 Å². The lowest BCUT2D eigenvalue weighted by atomic mass is 10.0. The zero-order valence-corrected chi connectivity index (χ0v) is 11.0. The van der Waals surface area contributed by atoms with Crippen molar-refractivity contribution in [3.05, 3.63) is 48.0 Å². The maximum atomic E-state index is 13.8. The minimum Gasteiger partial charge on any atom is -0.368 e. The lowest BCUT2D eigenvalue weighted by Crippen LogP contribution is -2.04. The number of halogens is 1. The molecular formula is C15H13FN4. The molecule has 2 aromatic carbocycles. The molecule has 0 aliphatic carbocycles. The summed E-state index contributed by atoms with van der Waals surface area (Å²) in [6.07, 6.45) is 0.666. The highest BCUT2D eigenvalue weighted by molar-refractivity contribution is 5.95. The predicted octanol–water partition coefficient (Wildman–Crippen LogP) is 2.98. The van der Waals surface area contributed by atoms with Gasteiger partial charge in [-0.2, -0.15) is 9.97 Å². The van der Waals surface area contributed by atoms with Gasteiger partial charge in [0.1, 0.15) is 11.6 Å². The smallest absolute Gasteiger partial charge is 0.223 e. The second-order valence-corrected chi connectivity index (χ2v) is 4.43. The van der Waals surface area contributed by atoms with Gasteiger partial charge >= 0.3 is 0 Å². The number of aryl methyl sites for hydroxylation is 1. The molecule has 0 aliphatic heterocycles. The summed E-state index contributed by atoms with van der Waals surface area (Å²) in [5.74, 6) is 1.02. The van der Waals surface area contributed by atoms with E-state index in [1.165, 1.54) is 6.07 Å². The van der Waals surface area contributed by atoms with Gasteiger partial charge < -0.3 is 5.73 Å². The molecule has 0 atom stereocenters. The summed E-state index contributed by atoms with van der Waals surface area (Å²) in [4.78, 5) is 12.6. The van der Waals surface area contributed by atoms with Crippen LogP contribution in [0.4, 0.5) is 10.3 Å². The van der Waals surface area contributed by atoms with E-state index in [2.05, 4.69) is 15.0 Å². The number of nitrogens with zero attached hydrogens (tertiary/aromatic N) is 3. The minimum absolute atomic E-state index is 0.181. The van der Waals surface area contributed by atoms with Gasteiger partial charge in [0.25, 0.3) is 0 Å². The van der Waals surface area contributed by atoms with E-state index in [4.69, 9.17) is 5.73 Å². The molecule has 5 heteroatoms. The van der Waals surface area contributed by atoms with Crippen molar-refractivity contribution in [2.75, 3.05) is 5.73 Å². The van der Waals surface area contributed by atoms with Crippen LogP contribution in [0.15, 0.2) is 36.4 Å². The molecule has 2 N–H and O–H groups in total. The normalized spacial score (nSPS) is 10.9. The maximum Gasteiger partial charge on any atom is 0.223 e. The average molecular weight is 268 g/mol. The van der Waals surface area contributed by atoms with Gasteiger partial charge in [0, 0.05) is 17.4 Å². The molecule has 0 spiro atoms. The van der Waals surface area contributed by atoms with Crippen LogP contribution in [0.5, 0.6) is 0 Å². The summed E-state index contributed by atoms with van der Waals surface area (Å²) < 4.78 is 13.8. The third-order valence-corrected chi connectivity index (χ3v) is 3.13. The molecule has 0 saturated carbocycles. The minimum atomic E-state index is -0.262. The Bertz CT molecular complexity index is 786. The van der Waals surface area contributed by atoms with E-state index >= 15 is 0 Å². The number of aromatic nitrogens is 3. The average Bonchev–Trinajstić information content (AvgIpc) is 2.47. The quantitative estimate of drug-likeness (QED) is 0.776. The van der Waals surface area contributed by atoms with E-state index in [0.29, 0.717) is 23.5 Å². The van der Waals surface area contributed by atoms with Crippen LogP contribution in [0.1, 0.15) is 12.7 Å². The highest BCUT2D eigenvalue weighted by atomic mass is 19.1. The first kappa shape index (κ1) is 12.5. The van der Waals surface area contributed by atoms with E-state index in [1.807, 2.05) is 19.1 Å². The fourth-order valence-electron chi connectivity index (χ4n) is 2.17. The van der Waals surface area contributed by atoms with Crippen molar-refractivity contribution in [1.29, 1.82) is 0 Å². The third-order valence-electron chi connectivity index (χ3n) is 3.13. The maximum absolute atomic E-state index is 13.8. The third kappa shape index (κ3) is 2.07. The van der Waals surface area contributed by atoms with Gasteiger partial charge in [-0.1, -0.05) is 31.2 Å². The molecule has 1 aromatic heterocycles. The standard InChI is InChI=1S/C15H13FN4/c1-2-13-18-14(20-15(17)19-13)11-7-8-12(16)10-6-4-3-5-9(10)11/h3-8H,2H2,1H3,(H2,17,18,19,20). The molecule has 100 valence electrons. The van der Waals surface area contributed by atoms with E-state index in [9.17, 15) is 4.39 Å². The van der Waals surface area contributed by atoms with Gasteiger partial charge in [-0.3, -0.25) is 0 Å². The molecule has 0 radical (unpaired) electrons. The zero-order valence-electron chi connectivity index (χ0n) is 11.0. The second kappa shape index (κ2) is 4.85. The van der Waals surface area contributed by atoms with Crippen LogP contribution in [0.3, 0.4) is 0 Å². The van der Waals surface area contributed by atoms with Crippen LogP contribution in [0.25, 0.3) is 22.2 Å². The first-order chi connectivity index (χ1) is 9.69. The highest BCUT2D eigenvalue weighted by Crippen LogP contribution is 2.28. The van der Waals surface area contributed by atoms with E-state index in [-0.39, 0.29) is 11.8 Å². The first-order valence-corrected chi connectivity index (χ1v) is 6.37. The number of nitrogen functional groups attached to an aromatic ring is 1. The van der Waals surface area contributed by atoms with Crippen molar-refractivity contribution in [3.63, 3.8) is 0 Å². The molecule has 4 nitrogen and oxygen atoms in total. The van der Waals surface area contributed by atoms with Gasteiger partial charge in [0.2, 0.25) is 5.95 Å². The molecule has 0 aliphatic rings. The van der Waals surface area contributed by atoms with E-state index in [1.54, 1.807) is 18.2 Å². The largest absolute Gasteiger partial charge is 0.368 e. The van der Waals surface area contributed by atoms with Crippen molar-refractivity contribution in [3.8, 4) is 11.4 Å². The molecule has 1 heterocycles. The Labute approximate surface area is 115 Å². The number of anilines is 1. The molecular weight excluding hydrogens is 255 g/mol. The van der Waals surface area contributed by atoms with Crippen molar-refractivity contribution in [2.45, 2.75) is 13.3 Å². The number of fused-ring (bicyclic) bond motifs is 1. The summed E-state index contributed by atoms with van der Waals surface area (Å²) in [5, 5.41) is 1.31. The Kier molecular flexibility index (Phi) is 3.02. The lowest BCUT2D eigenvalue weighted by Gasteiger charge is -2.08. The van der Waals surface area contributed by atoms with Gasteiger partial charge in [-0.05, 0) is 17.5 Å². The number of nitrogens with two attached hydrogens (primary N) is 1. The SMILES string of the molecule is CCc1nc(N)nc(-c2ccc(F)c3ccccc23)n1. The van der Waals surface area contributed by atoms with Crippen molar-refractivity contribution in [2.24, 2.45) is 0 Å². The molecule has 0 unspecified atom stereocenters.